The van der Waals surface area contributed by atoms with E-state index in [9.17, 15) is 9.59 Å². The second-order valence-corrected chi connectivity index (χ2v) is 10.6. The van der Waals surface area contributed by atoms with Crippen LogP contribution in [0, 0.1) is 12.8 Å². The van der Waals surface area contributed by atoms with E-state index in [0.29, 0.717) is 52.3 Å². The number of amides is 1. The molecule has 0 atom stereocenters. The number of likely N-dealkylation sites (N-methyl/N-ethyl adjacent to an activating group) is 1. The summed E-state index contributed by atoms with van der Waals surface area (Å²) in [5.74, 6) is 2.19. The molecule has 7 heteroatoms. The van der Waals surface area contributed by atoms with Gasteiger partial charge in [-0.2, -0.15) is 0 Å². The average molecular weight is 529 g/mol. The van der Waals surface area contributed by atoms with E-state index in [0.717, 1.165) is 49.8 Å². The molecule has 0 bridgehead atoms. The van der Waals surface area contributed by atoms with Gasteiger partial charge in [0.25, 0.3) is 0 Å². The van der Waals surface area contributed by atoms with Crippen molar-refractivity contribution < 1.29 is 18.7 Å². The smallest absolute Gasteiger partial charge is 0.223 e. The fraction of sp³-hybridized carbons (Fsp3) is 0.375. The quantitative estimate of drug-likeness (QED) is 0.261. The molecule has 1 fully saturated rings. The predicted octanol–water partition coefficient (Wildman–Crippen LogP) is 5.84. The van der Waals surface area contributed by atoms with Crippen molar-refractivity contribution in [3.63, 3.8) is 0 Å². The largest absolute Gasteiger partial charge is 0.488 e. The summed E-state index contributed by atoms with van der Waals surface area (Å²) >= 11 is 0. The Balaban J connectivity index is 1.29. The number of carbonyl (C=O) groups is 1. The summed E-state index contributed by atoms with van der Waals surface area (Å²) in [6.45, 7) is 3.81. The Hall–Kier alpha value is -3.84. The topological polar surface area (TPSA) is 81.0 Å². The Morgan fingerprint density at radius 3 is 2.49 bits per heavy atom. The lowest BCUT2D eigenvalue weighted by atomic mass is 10.1. The number of hydrogen-bond donors (Lipinski definition) is 1. The molecule has 0 saturated heterocycles. The zero-order valence-corrected chi connectivity index (χ0v) is 22.9. The SMILES string of the molecule is Cc1cc(OCCN(C)C)c2oc3cc(Oc4ccc(CCNC(=O)C5CCCC5)cc4)ccc3c(=O)c2c1. The van der Waals surface area contributed by atoms with E-state index in [1.54, 1.807) is 18.2 Å². The molecule has 1 heterocycles. The van der Waals surface area contributed by atoms with Gasteiger partial charge in [-0.1, -0.05) is 25.0 Å². The standard InChI is InChI=1S/C32H36N2O5/c1-21-18-27-30(35)26-13-12-25(20-28(26)39-31(27)29(19-21)37-17-16-34(2)3)38-24-10-8-22(9-11-24)14-15-33-32(36)23-6-4-5-7-23/h8-13,18-20,23H,4-7,14-17H2,1-3H3,(H,33,36). The molecule has 5 rings (SSSR count). The first kappa shape index (κ1) is 26.8. The van der Waals surface area contributed by atoms with Gasteiger partial charge in [-0.3, -0.25) is 9.59 Å². The molecule has 0 aliphatic heterocycles. The summed E-state index contributed by atoms with van der Waals surface area (Å²) in [6, 6.07) is 16.8. The van der Waals surface area contributed by atoms with Crippen molar-refractivity contribution in [2.45, 2.75) is 39.0 Å². The average Bonchev–Trinajstić information content (AvgIpc) is 3.45. The number of ether oxygens (including phenoxy) is 2. The first-order chi connectivity index (χ1) is 18.9. The van der Waals surface area contributed by atoms with Crippen LogP contribution >= 0.6 is 0 Å². The summed E-state index contributed by atoms with van der Waals surface area (Å²) in [5, 5.41) is 4.07. The van der Waals surface area contributed by atoms with Crippen LogP contribution in [0.3, 0.4) is 0 Å². The van der Waals surface area contributed by atoms with Crippen LogP contribution in [-0.4, -0.2) is 44.6 Å². The highest BCUT2D eigenvalue weighted by Crippen LogP contribution is 2.31. The Kier molecular flexibility index (Phi) is 8.17. The zero-order valence-electron chi connectivity index (χ0n) is 22.9. The zero-order chi connectivity index (χ0) is 27.4. The summed E-state index contributed by atoms with van der Waals surface area (Å²) in [5.41, 5.74) is 2.86. The van der Waals surface area contributed by atoms with Gasteiger partial charge in [0, 0.05) is 25.1 Å². The number of nitrogens with one attached hydrogen (secondary N) is 1. The highest BCUT2D eigenvalue weighted by atomic mass is 16.5. The minimum atomic E-state index is -0.0941. The van der Waals surface area contributed by atoms with Crippen LogP contribution in [0.4, 0.5) is 0 Å². The number of rotatable bonds is 10. The predicted molar refractivity (Wildman–Crippen MR) is 154 cm³/mol. The van der Waals surface area contributed by atoms with Gasteiger partial charge in [-0.15, -0.1) is 0 Å². The van der Waals surface area contributed by atoms with Crippen molar-refractivity contribution >= 4 is 27.8 Å². The van der Waals surface area contributed by atoms with Crippen LogP contribution in [0.2, 0.25) is 0 Å². The van der Waals surface area contributed by atoms with Crippen LogP contribution < -0.4 is 20.2 Å². The first-order valence-electron chi connectivity index (χ1n) is 13.7. The Morgan fingerprint density at radius 2 is 1.74 bits per heavy atom. The number of hydrogen-bond acceptors (Lipinski definition) is 6. The minimum Gasteiger partial charge on any atom is -0.488 e. The van der Waals surface area contributed by atoms with Crippen LogP contribution in [-0.2, 0) is 11.2 Å². The van der Waals surface area contributed by atoms with Crippen molar-refractivity contribution in [3.05, 3.63) is 75.9 Å². The van der Waals surface area contributed by atoms with E-state index >= 15 is 0 Å². The third-order valence-corrected chi connectivity index (χ3v) is 7.25. The van der Waals surface area contributed by atoms with Crippen molar-refractivity contribution in [1.82, 2.24) is 10.2 Å². The molecule has 1 aliphatic carbocycles. The van der Waals surface area contributed by atoms with Crippen LogP contribution in [0.25, 0.3) is 21.9 Å². The van der Waals surface area contributed by atoms with E-state index in [1.165, 1.54) is 0 Å². The summed E-state index contributed by atoms with van der Waals surface area (Å²) < 4.78 is 18.3. The normalized spacial score (nSPS) is 13.8. The molecule has 1 amide bonds. The number of nitrogens with zero attached hydrogens (tertiary/aromatic N) is 1. The van der Waals surface area contributed by atoms with Crippen LogP contribution in [0.15, 0.2) is 63.8 Å². The molecule has 0 radical (unpaired) electrons. The van der Waals surface area contributed by atoms with Gasteiger partial charge in [-0.25, -0.2) is 0 Å². The van der Waals surface area contributed by atoms with Crippen molar-refractivity contribution in [2.75, 3.05) is 33.8 Å². The maximum absolute atomic E-state index is 13.3. The van der Waals surface area contributed by atoms with Crippen LogP contribution in [0.1, 0.15) is 36.8 Å². The van der Waals surface area contributed by atoms with E-state index in [1.807, 2.05) is 62.3 Å². The Labute approximate surface area is 228 Å². The summed E-state index contributed by atoms with van der Waals surface area (Å²) in [7, 11) is 3.97. The molecule has 1 aliphatic rings. The van der Waals surface area contributed by atoms with Gasteiger partial charge in [0.2, 0.25) is 11.3 Å². The second-order valence-electron chi connectivity index (χ2n) is 10.6. The molecule has 1 N–H and O–H groups in total. The third kappa shape index (κ3) is 6.42. The molecule has 204 valence electrons. The minimum absolute atomic E-state index is 0.0941. The lowest BCUT2D eigenvalue weighted by molar-refractivity contribution is -0.124. The molecular formula is C32H36N2O5. The fourth-order valence-electron chi connectivity index (χ4n) is 5.08. The maximum Gasteiger partial charge on any atom is 0.223 e. The molecule has 39 heavy (non-hydrogen) atoms. The monoisotopic (exact) mass is 528 g/mol. The molecule has 3 aromatic carbocycles. The maximum atomic E-state index is 13.3. The highest BCUT2D eigenvalue weighted by Gasteiger charge is 2.22. The summed E-state index contributed by atoms with van der Waals surface area (Å²) in [6.07, 6.45) is 5.11. The lowest BCUT2D eigenvalue weighted by Crippen LogP contribution is -2.30. The van der Waals surface area contributed by atoms with E-state index in [2.05, 4.69) is 5.32 Å². The molecule has 1 aromatic heterocycles. The number of aryl methyl sites for hydroxylation is 1. The second kappa shape index (κ2) is 11.9. The number of benzene rings is 3. The molecule has 0 spiro atoms. The van der Waals surface area contributed by atoms with Gasteiger partial charge in [0.15, 0.2) is 11.3 Å². The van der Waals surface area contributed by atoms with Gasteiger partial charge in [0.1, 0.15) is 23.7 Å². The van der Waals surface area contributed by atoms with Gasteiger partial charge < -0.3 is 24.1 Å². The van der Waals surface area contributed by atoms with Gasteiger partial charge in [0.05, 0.1) is 10.8 Å². The summed E-state index contributed by atoms with van der Waals surface area (Å²) in [4.78, 5) is 27.5. The van der Waals surface area contributed by atoms with E-state index in [4.69, 9.17) is 13.9 Å². The van der Waals surface area contributed by atoms with Gasteiger partial charge in [-0.05, 0) is 87.8 Å². The van der Waals surface area contributed by atoms with Gasteiger partial charge >= 0.3 is 0 Å². The van der Waals surface area contributed by atoms with Crippen molar-refractivity contribution in [3.8, 4) is 17.2 Å². The lowest BCUT2D eigenvalue weighted by Gasteiger charge is -2.13. The molecule has 0 unspecified atom stereocenters. The van der Waals surface area contributed by atoms with E-state index < -0.39 is 0 Å². The first-order valence-corrected chi connectivity index (χ1v) is 13.7. The fourth-order valence-corrected chi connectivity index (χ4v) is 5.08. The molecule has 1 saturated carbocycles. The molecule has 4 aromatic rings. The van der Waals surface area contributed by atoms with Crippen molar-refractivity contribution in [1.29, 1.82) is 0 Å². The highest BCUT2D eigenvalue weighted by molar-refractivity contribution is 5.93. The third-order valence-electron chi connectivity index (χ3n) is 7.25. The Morgan fingerprint density at radius 1 is 1.00 bits per heavy atom. The van der Waals surface area contributed by atoms with E-state index in [-0.39, 0.29) is 17.3 Å². The Bertz CT molecular complexity index is 1520. The van der Waals surface area contributed by atoms with Crippen LogP contribution in [0.5, 0.6) is 17.2 Å². The van der Waals surface area contributed by atoms with Crippen molar-refractivity contribution in [2.24, 2.45) is 5.92 Å². The number of carbonyl (C=O) groups excluding carboxylic acids is 1. The molecule has 7 nitrogen and oxygen atoms in total. The molecular weight excluding hydrogens is 492 g/mol. The number of fused-ring (bicyclic) bond motifs is 2.